The molecule has 0 unspecified atom stereocenters. The summed E-state index contributed by atoms with van der Waals surface area (Å²) in [5.41, 5.74) is 2.19. The summed E-state index contributed by atoms with van der Waals surface area (Å²) >= 11 is 24.0. The molecule has 0 radical (unpaired) electrons. The Labute approximate surface area is 145 Å². The van der Waals surface area contributed by atoms with E-state index in [0.29, 0.717) is 20.1 Å². The van der Waals surface area contributed by atoms with E-state index in [4.69, 9.17) is 46.4 Å². The molecule has 0 fully saturated rings. The van der Waals surface area contributed by atoms with Crippen LogP contribution < -0.4 is 5.32 Å². The standard InChI is InChI=1S/C16H15Cl4N/c17-13-3-1-11(15(19)9-13)5-7-21-8-6-12-2-4-14(18)10-16(12)20/h1-4,9-10,21H,5-8H2. The fourth-order valence-corrected chi connectivity index (χ4v) is 3.03. The fraction of sp³-hybridized carbons (Fsp3) is 0.250. The Balaban J connectivity index is 1.75. The van der Waals surface area contributed by atoms with Gasteiger partial charge in [-0.15, -0.1) is 0 Å². The third-order valence-electron chi connectivity index (χ3n) is 3.17. The summed E-state index contributed by atoms with van der Waals surface area (Å²) in [7, 11) is 0. The highest BCUT2D eigenvalue weighted by Crippen LogP contribution is 2.22. The number of hydrogen-bond acceptors (Lipinski definition) is 1. The van der Waals surface area contributed by atoms with E-state index in [1.54, 1.807) is 12.1 Å². The Morgan fingerprint density at radius 1 is 0.667 bits per heavy atom. The third-order valence-corrected chi connectivity index (χ3v) is 4.35. The van der Waals surface area contributed by atoms with Crippen LogP contribution in [0.4, 0.5) is 0 Å². The minimum Gasteiger partial charge on any atom is -0.316 e. The van der Waals surface area contributed by atoms with Crippen LogP contribution in [0.2, 0.25) is 20.1 Å². The molecule has 2 aromatic carbocycles. The molecule has 0 aromatic heterocycles. The van der Waals surface area contributed by atoms with Gasteiger partial charge in [0, 0.05) is 20.1 Å². The molecule has 0 heterocycles. The van der Waals surface area contributed by atoms with Gasteiger partial charge in [0.05, 0.1) is 0 Å². The van der Waals surface area contributed by atoms with E-state index in [9.17, 15) is 0 Å². The Kier molecular flexibility index (Phi) is 6.66. The van der Waals surface area contributed by atoms with Crippen molar-refractivity contribution in [1.82, 2.24) is 5.32 Å². The van der Waals surface area contributed by atoms with Crippen molar-refractivity contribution in [2.45, 2.75) is 12.8 Å². The minimum atomic E-state index is 0.661. The molecule has 0 amide bonds. The zero-order valence-electron chi connectivity index (χ0n) is 11.3. The first-order chi connectivity index (χ1) is 10.1. The van der Waals surface area contributed by atoms with Gasteiger partial charge in [-0.25, -0.2) is 0 Å². The lowest BCUT2D eigenvalue weighted by molar-refractivity contribution is 0.682. The first-order valence-electron chi connectivity index (χ1n) is 6.65. The van der Waals surface area contributed by atoms with Crippen LogP contribution in [0.5, 0.6) is 0 Å². The summed E-state index contributed by atoms with van der Waals surface area (Å²) in [4.78, 5) is 0. The van der Waals surface area contributed by atoms with E-state index in [1.165, 1.54) is 0 Å². The second-order valence-corrected chi connectivity index (χ2v) is 6.41. The molecule has 1 nitrogen and oxygen atoms in total. The quantitative estimate of drug-likeness (QED) is 0.652. The van der Waals surface area contributed by atoms with Crippen LogP contribution in [0.1, 0.15) is 11.1 Å². The van der Waals surface area contributed by atoms with Crippen LogP contribution >= 0.6 is 46.4 Å². The van der Waals surface area contributed by atoms with Crippen molar-refractivity contribution in [2.75, 3.05) is 13.1 Å². The SMILES string of the molecule is Clc1ccc(CCNCCc2ccc(Cl)cc2Cl)c(Cl)c1. The maximum Gasteiger partial charge on any atom is 0.0453 e. The molecule has 2 aromatic rings. The topological polar surface area (TPSA) is 12.0 Å². The summed E-state index contributed by atoms with van der Waals surface area (Å²) in [5, 5.41) is 6.13. The first kappa shape index (κ1) is 16.9. The van der Waals surface area contributed by atoms with Crippen LogP contribution in [0, 0.1) is 0 Å². The Bertz CT molecular complexity index is 560. The lowest BCUT2D eigenvalue weighted by Crippen LogP contribution is -2.20. The Morgan fingerprint density at radius 2 is 1.10 bits per heavy atom. The van der Waals surface area contributed by atoms with Gasteiger partial charge in [-0.05, 0) is 61.3 Å². The number of halogens is 4. The van der Waals surface area contributed by atoms with E-state index < -0.39 is 0 Å². The summed E-state index contributed by atoms with van der Waals surface area (Å²) < 4.78 is 0. The maximum absolute atomic E-state index is 6.13. The second kappa shape index (κ2) is 8.26. The molecule has 21 heavy (non-hydrogen) atoms. The molecule has 0 saturated heterocycles. The highest BCUT2D eigenvalue weighted by molar-refractivity contribution is 6.35. The third kappa shape index (κ3) is 5.36. The van der Waals surface area contributed by atoms with Gasteiger partial charge in [-0.3, -0.25) is 0 Å². The van der Waals surface area contributed by atoms with Crippen LogP contribution in [0.15, 0.2) is 36.4 Å². The van der Waals surface area contributed by atoms with E-state index in [0.717, 1.165) is 37.1 Å². The highest BCUT2D eigenvalue weighted by Gasteiger charge is 2.03. The molecular formula is C16H15Cl4N. The summed E-state index contributed by atoms with van der Waals surface area (Å²) in [6.07, 6.45) is 1.73. The molecule has 0 aliphatic heterocycles. The number of nitrogens with one attached hydrogen (secondary N) is 1. The van der Waals surface area contributed by atoms with Gasteiger partial charge >= 0.3 is 0 Å². The average Bonchev–Trinajstić information content (AvgIpc) is 2.42. The number of benzene rings is 2. The molecule has 0 spiro atoms. The average molecular weight is 363 g/mol. The molecule has 0 aliphatic rings. The van der Waals surface area contributed by atoms with Crippen LogP contribution in [0.25, 0.3) is 0 Å². The lowest BCUT2D eigenvalue weighted by atomic mass is 10.1. The van der Waals surface area contributed by atoms with Crippen molar-refractivity contribution in [3.8, 4) is 0 Å². The summed E-state index contributed by atoms with van der Waals surface area (Å²) in [6, 6.07) is 11.2. The molecule has 112 valence electrons. The van der Waals surface area contributed by atoms with E-state index in [1.807, 2.05) is 24.3 Å². The molecule has 0 atom stereocenters. The molecule has 1 N–H and O–H groups in total. The van der Waals surface area contributed by atoms with Gasteiger partial charge in [-0.1, -0.05) is 58.5 Å². The van der Waals surface area contributed by atoms with E-state index >= 15 is 0 Å². The van der Waals surface area contributed by atoms with Crippen molar-refractivity contribution >= 4 is 46.4 Å². The maximum atomic E-state index is 6.13. The largest absolute Gasteiger partial charge is 0.316 e. The van der Waals surface area contributed by atoms with Crippen LogP contribution in [0.3, 0.4) is 0 Å². The van der Waals surface area contributed by atoms with E-state index in [2.05, 4.69) is 5.32 Å². The van der Waals surface area contributed by atoms with Gasteiger partial charge in [0.15, 0.2) is 0 Å². The van der Waals surface area contributed by atoms with Crippen LogP contribution in [-0.4, -0.2) is 13.1 Å². The zero-order valence-corrected chi connectivity index (χ0v) is 14.3. The summed E-state index contributed by atoms with van der Waals surface area (Å²) in [5.74, 6) is 0. The Morgan fingerprint density at radius 3 is 1.48 bits per heavy atom. The van der Waals surface area contributed by atoms with Gasteiger partial charge in [0.1, 0.15) is 0 Å². The normalized spacial score (nSPS) is 10.9. The highest BCUT2D eigenvalue weighted by atomic mass is 35.5. The van der Waals surface area contributed by atoms with Crippen molar-refractivity contribution in [3.05, 3.63) is 67.6 Å². The molecule has 5 heteroatoms. The van der Waals surface area contributed by atoms with Crippen molar-refractivity contribution < 1.29 is 0 Å². The van der Waals surface area contributed by atoms with Gasteiger partial charge < -0.3 is 5.32 Å². The van der Waals surface area contributed by atoms with Gasteiger partial charge in [0.2, 0.25) is 0 Å². The molecule has 0 aliphatic carbocycles. The molecule has 2 rings (SSSR count). The van der Waals surface area contributed by atoms with E-state index in [-0.39, 0.29) is 0 Å². The summed E-state index contributed by atoms with van der Waals surface area (Å²) in [6.45, 7) is 1.71. The Hall–Kier alpha value is -0.440. The predicted molar refractivity (Wildman–Crippen MR) is 93.2 cm³/mol. The molecule has 0 saturated carbocycles. The zero-order chi connectivity index (χ0) is 15.2. The monoisotopic (exact) mass is 361 g/mol. The number of hydrogen-bond donors (Lipinski definition) is 1. The van der Waals surface area contributed by atoms with Gasteiger partial charge in [0.25, 0.3) is 0 Å². The molecular weight excluding hydrogens is 348 g/mol. The first-order valence-corrected chi connectivity index (χ1v) is 8.16. The van der Waals surface area contributed by atoms with Crippen molar-refractivity contribution in [1.29, 1.82) is 0 Å². The number of rotatable bonds is 6. The van der Waals surface area contributed by atoms with Crippen molar-refractivity contribution in [3.63, 3.8) is 0 Å². The second-order valence-electron chi connectivity index (χ2n) is 4.72. The lowest BCUT2D eigenvalue weighted by Gasteiger charge is -2.08. The van der Waals surface area contributed by atoms with Crippen molar-refractivity contribution in [2.24, 2.45) is 0 Å². The predicted octanol–water partition coefficient (Wildman–Crippen LogP) is 5.68. The van der Waals surface area contributed by atoms with Gasteiger partial charge in [-0.2, -0.15) is 0 Å². The fourth-order valence-electron chi connectivity index (χ4n) is 2.02. The smallest absolute Gasteiger partial charge is 0.0453 e. The molecule has 0 bridgehead atoms. The minimum absolute atomic E-state index is 0.661. The van der Waals surface area contributed by atoms with Crippen LogP contribution in [-0.2, 0) is 12.8 Å².